The first-order valence-electron chi connectivity index (χ1n) is 7.75. The number of carbonyl (C=O) groups excluding carboxylic acids is 1. The maximum atomic E-state index is 12.2. The van der Waals surface area contributed by atoms with Crippen LogP contribution in [0.5, 0.6) is 5.75 Å². The number of methoxy groups -OCH3 is 1. The SMILES string of the molecule is COc1ccc(Cl)cc1NC(=O)CC(C)NCC(C)(C)CCO. The molecule has 1 amide bonds. The van der Waals surface area contributed by atoms with Gasteiger partial charge in [0.15, 0.2) is 0 Å². The molecule has 23 heavy (non-hydrogen) atoms. The second-order valence-electron chi connectivity index (χ2n) is 6.52. The Morgan fingerprint density at radius 2 is 2.13 bits per heavy atom. The standard InChI is InChI=1S/C17H27ClN2O3/c1-12(19-11-17(2,3)7-8-21)9-16(22)20-14-10-13(18)5-6-15(14)23-4/h5-6,10,12,19,21H,7-9,11H2,1-4H3,(H,20,22). The van der Waals surface area contributed by atoms with Crippen LogP contribution in [0.15, 0.2) is 18.2 Å². The fourth-order valence-corrected chi connectivity index (χ4v) is 2.34. The molecule has 1 aromatic carbocycles. The average Bonchev–Trinajstić information content (AvgIpc) is 2.45. The molecule has 0 heterocycles. The first-order chi connectivity index (χ1) is 10.8. The van der Waals surface area contributed by atoms with E-state index in [1.54, 1.807) is 25.3 Å². The number of amides is 1. The smallest absolute Gasteiger partial charge is 0.226 e. The first-order valence-corrected chi connectivity index (χ1v) is 8.13. The highest BCUT2D eigenvalue weighted by Gasteiger charge is 2.19. The molecule has 0 aliphatic carbocycles. The van der Waals surface area contributed by atoms with E-state index in [1.807, 2.05) is 6.92 Å². The van der Waals surface area contributed by atoms with Crippen molar-refractivity contribution in [2.24, 2.45) is 5.41 Å². The summed E-state index contributed by atoms with van der Waals surface area (Å²) >= 11 is 5.95. The molecule has 1 rings (SSSR count). The topological polar surface area (TPSA) is 70.6 Å². The largest absolute Gasteiger partial charge is 0.495 e. The van der Waals surface area contributed by atoms with Gasteiger partial charge in [-0.15, -0.1) is 0 Å². The number of aliphatic hydroxyl groups excluding tert-OH is 1. The Kier molecular flexibility index (Phi) is 7.82. The van der Waals surface area contributed by atoms with Gasteiger partial charge in [-0.05, 0) is 37.0 Å². The van der Waals surface area contributed by atoms with Gasteiger partial charge in [-0.25, -0.2) is 0 Å². The number of hydrogen-bond acceptors (Lipinski definition) is 4. The Morgan fingerprint density at radius 1 is 1.43 bits per heavy atom. The molecular formula is C17H27ClN2O3. The molecule has 1 unspecified atom stereocenters. The molecule has 5 nitrogen and oxygen atoms in total. The van der Waals surface area contributed by atoms with Crippen molar-refractivity contribution in [2.75, 3.05) is 25.6 Å². The fourth-order valence-electron chi connectivity index (χ4n) is 2.17. The molecule has 1 aromatic rings. The summed E-state index contributed by atoms with van der Waals surface area (Å²) in [6, 6.07) is 5.12. The van der Waals surface area contributed by atoms with Crippen LogP contribution >= 0.6 is 11.6 Å². The monoisotopic (exact) mass is 342 g/mol. The second-order valence-corrected chi connectivity index (χ2v) is 6.95. The quantitative estimate of drug-likeness (QED) is 0.645. The Morgan fingerprint density at radius 3 is 2.74 bits per heavy atom. The van der Waals surface area contributed by atoms with Gasteiger partial charge in [0.25, 0.3) is 0 Å². The van der Waals surface area contributed by atoms with Crippen molar-refractivity contribution in [1.29, 1.82) is 0 Å². The Balaban J connectivity index is 2.52. The third-order valence-corrected chi connectivity index (χ3v) is 3.88. The number of anilines is 1. The molecule has 6 heteroatoms. The molecule has 0 bridgehead atoms. The van der Waals surface area contributed by atoms with Crippen LogP contribution in [0, 0.1) is 5.41 Å². The molecule has 130 valence electrons. The third kappa shape index (κ3) is 7.20. The number of carbonyl (C=O) groups is 1. The number of aliphatic hydroxyl groups is 1. The number of hydrogen-bond donors (Lipinski definition) is 3. The van der Waals surface area contributed by atoms with Gasteiger partial charge in [-0.2, -0.15) is 0 Å². The van der Waals surface area contributed by atoms with Gasteiger partial charge in [-0.1, -0.05) is 25.4 Å². The number of rotatable bonds is 9. The van der Waals surface area contributed by atoms with Gasteiger partial charge in [0.05, 0.1) is 12.8 Å². The van der Waals surface area contributed by atoms with E-state index in [1.165, 1.54) is 0 Å². The molecule has 0 aromatic heterocycles. The zero-order valence-corrected chi connectivity index (χ0v) is 15.0. The van der Waals surface area contributed by atoms with Crippen LogP contribution in [-0.2, 0) is 4.79 Å². The zero-order valence-electron chi connectivity index (χ0n) is 14.3. The predicted molar refractivity (Wildman–Crippen MR) is 94.2 cm³/mol. The van der Waals surface area contributed by atoms with Crippen LogP contribution in [-0.4, -0.2) is 37.3 Å². The van der Waals surface area contributed by atoms with Gasteiger partial charge >= 0.3 is 0 Å². The van der Waals surface area contributed by atoms with Crippen molar-refractivity contribution in [3.63, 3.8) is 0 Å². The Bertz CT molecular complexity index is 521. The third-order valence-electron chi connectivity index (χ3n) is 3.64. The van der Waals surface area contributed by atoms with Crippen molar-refractivity contribution >= 4 is 23.2 Å². The molecular weight excluding hydrogens is 316 g/mol. The highest BCUT2D eigenvalue weighted by atomic mass is 35.5. The predicted octanol–water partition coefficient (Wildman–Crippen LogP) is 3.06. The summed E-state index contributed by atoms with van der Waals surface area (Å²) in [4.78, 5) is 12.2. The van der Waals surface area contributed by atoms with Gasteiger partial charge in [0.1, 0.15) is 5.75 Å². The molecule has 3 N–H and O–H groups in total. The summed E-state index contributed by atoms with van der Waals surface area (Å²) < 4.78 is 5.21. The molecule has 0 aliphatic rings. The maximum Gasteiger partial charge on any atom is 0.226 e. The van der Waals surface area contributed by atoms with Crippen molar-refractivity contribution in [3.8, 4) is 5.75 Å². The Hall–Kier alpha value is -1.30. The highest BCUT2D eigenvalue weighted by Crippen LogP contribution is 2.27. The first kappa shape index (κ1) is 19.7. The summed E-state index contributed by atoms with van der Waals surface area (Å²) in [5.41, 5.74) is 0.563. The van der Waals surface area contributed by atoms with Crippen molar-refractivity contribution in [3.05, 3.63) is 23.2 Å². The minimum Gasteiger partial charge on any atom is -0.495 e. The number of ether oxygens (including phenoxy) is 1. The van der Waals surface area contributed by atoms with Crippen molar-refractivity contribution < 1.29 is 14.6 Å². The van der Waals surface area contributed by atoms with E-state index in [2.05, 4.69) is 24.5 Å². The van der Waals surface area contributed by atoms with Crippen LogP contribution in [0.3, 0.4) is 0 Å². The number of nitrogens with one attached hydrogen (secondary N) is 2. The van der Waals surface area contributed by atoms with Crippen LogP contribution in [0.4, 0.5) is 5.69 Å². The molecule has 0 spiro atoms. The zero-order chi connectivity index (χ0) is 17.5. The van der Waals surface area contributed by atoms with Crippen LogP contribution in [0.25, 0.3) is 0 Å². The lowest BCUT2D eigenvalue weighted by atomic mass is 9.89. The van der Waals surface area contributed by atoms with Gasteiger partial charge in [0.2, 0.25) is 5.91 Å². The molecule has 1 atom stereocenters. The van der Waals surface area contributed by atoms with Crippen LogP contribution < -0.4 is 15.4 Å². The van der Waals surface area contributed by atoms with E-state index in [9.17, 15) is 4.79 Å². The van der Waals surface area contributed by atoms with Gasteiger partial charge < -0.3 is 20.5 Å². The molecule has 0 saturated carbocycles. The lowest BCUT2D eigenvalue weighted by molar-refractivity contribution is -0.116. The summed E-state index contributed by atoms with van der Waals surface area (Å²) in [6.07, 6.45) is 1.06. The minimum absolute atomic E-state index is 0.00430. The summed E-state index contributed by atoms with van der Waals surface area (Å²) in [5, 5.41) is 15.7. The summed E-state index contributed by atoms with van der Waals surface area (Å²) in [7, 11) is 1.55. The maximum absolute atomic E-state index is 12.2. The van der Waals surface area contributed by atoms with Crippen LogP contribution in [0.1, 0.15) is 33.6 Å². The average molecular weight is 343 g/mol. The van der Waals surface area contributed by atoms with E-state index in [0.717, 1.165) is 13.0 Å². The highest BCUT2D eigenvalue weighted by molar-refractivity contribution is 6.31. The van der Waals surface area contributed by atoms with Gasteiger partial charge in [-0.3, -0.25) is 4.79 Å². The van der Waals surface area contributed by atoms with Crippen molar-refractivity contribution in [2.45, 2.75) is 39.7 Å². The van der Waals surface area contributed by atoms with Crippen LogP contribution in [0.2, 0.25) is 5.02 Å². The van der Waals surface area contributed by atoms with Crippen molar-refractivity contribution in [1.82, 2.24) is 5.32 Å². The minimum atomic E-state index is -0.106. The normalized spacial score (nSPS) is 12.8. The van der Waals surface area contributed by atoms with E-state index in [-0.39, 0.29) is 24.0 Å². The second kappa shape index (κ2) is 9.11. The van der Waals surface area contributed by atoms with E-state index in [0.29, 0.717) is 22.9 Å². The number of halogens is 1. The molecule has 0 aliphatic heterocycles. The molecule has 0 fully saturated rings. The van der Waals surface area contributed by atoms with E-state index < -0.39 is 0 Å². The summed E-state index contributed by atoms with van der Waals surface area (Å²) in [6.45, 7) is 7.03. The van der Waals surface area contributed by atoms with E-state index in [4.69, 9.17) is 21.4 Å². The fraction of sp³-hybridized carbons (Fsp3) is 0.588. The molecule has 0 saturated heterocycles. The molecule has 0 radical (unpaired) electrons. The number of benzene rings is 1. The lowest BCUT2D eigenvalue weighted by Crippen LogP contribution is -2.37. The van der Waals surface area contributed by atoms with E-state index >= 15 is 0 Å². The van der Waals surface area contributed by atoms with Gasteiger partial charge in [0, 0.05) is 30.6 Å². The summed E-state index contributed by atoms with van der Waals surface area (Å²) in [5.74, 6) is 0.470. The Labute approximate surface area is 143 Å². The lowest BCUT2D eigenvalue weighted by Gasteiger charge is -2.26.